The predicted octanol–water partition coefficient (Wildman–Crippen LogP) is 2.15. The first-order valence-electron chi connectivity index (χ1n) is 6.23. The molecule has 3 heterocycles. The van der Waals surface area contributed by atoms with Crippen LogP contribution in [0.15, 0.2) is 12.3 Å². The third kappa shape index (κ3) is 2.32. The molecule has 0 unspecified atom stereocenters. The number of sulfone groups is 1. The van der Waals surface area contributed by atoms with E-state index >= 15 is 0 Å². The lowest BCUT2D eigenvalue weighted by molar-refractivity contribution is 0.453. The van der Waals surface area contributed by atoms with Gasteiger partial charge in [0.15, 0.2) is 10.4 Å². The van der Waals surface area contributed by atoms with E-state index in [0.29, 0.717) is 17.6 Å². The number of aromatic nitrogens is 3. The minimum Gasteiger partial charge on any atom is -0.329 e. The summed E-state index contributed by atoms with van der Waals surface area (Å²) in [5.74, 6) is 0.468. The fraction of sp³-hybridized carbons (Fsp3) is 0.500. The Labute approximate surface area is 116 Å². The molecule has 0 aliphatic carbocycles. The van der Waals surface area contributed by atoms with Gasteiger partial charge in [-0.05, 0) is 43.6 Å². The lowest BCUT2D eigenvalue weighted by Crippen LogP contribution is -2.25. The van der Waals surface area contributed by atoms with Crippen LogP contribution in [0.1, 0.15) is 24.4 Å². The average molecular weight is 297 g/mol. The van der Waals surface area contributed by atoms with Crippen molar-refractivity contribution in [3.05, 3.63) is 22.6 Å². The smallest absolute Gasteiger partial charge is 0.179 e. The van der Waals surface area contributed by atoms with Crippen molar-refractivity contribution >= 4 is 33.2 Å². The van der Waals surface area contributed by atoms with E-state index in [9.17, 15) is 8.42 Å². The molecule has 1 aliphatic rings. The molecule has 0 radical (unpaired) electrons. The monoisotopic (exact) mass is 297 g/mol. The van der Waals surface area contributed by atoms with Crippen LogP contribution < -0.4 is 0 Å². The standard InChI is InChI=1S/C12H15N3O2S2/c1-8-6-10-11(13-7-8)15(12(18)14-10)9-2-4-19(16,17)5-3-9/h6-7,9H,2-5H2,1H3,(H,14,18). The third-order valence-electron chi connectivity index (χ3n) is 3.58. The highest BCUT2D eigenvalue weighted by atomic mass is 32.2. The number of pyridine rings is 1. The van der Waals surface area contributed by atoms with Crippen molar-refractivity contribution in [2.45, 2.75) is 25.8 Å². The van der Waals surface area contributed by atoms with Crippen molar-refractivity contribution in [3.63, 3.8) is 0 Å². The van der Waals surface area contributed by atoms with Gasteiger partial charge in [-0.25, -0.2) is 13.4 Å². The number of hydrogen-bond acceptors (Lipinski definition) is 4. The SMILES string of the molecule is Cc1cnc2c(c1)[nH]c(=S)n2C1CCS(=O)(=O)CC1. The number of fused-ring (bicyclic) bond motifs is 1. The van der Waals surface area contributed by atoms with Crippen LogP contribution in [0.25, 0.3) is 11.2 Å². The zero-order valence-electron chi connectivity index (χ0n) is 10.6. The molecule has 0 saturated carbocycles. The van der Waals surface area contributed by atoms with Crippen LogP contribution >= 0.6 is 12.2 Å². The second-order valence-electron chi connectivity index (χ2n) is 5.07. The first-order valence-corrected chi connectivity index (χ1v) is 8.46. The lowest BCUT2D eigenvalue weighted by atomic mass is 10.1. The summed E-state index contributed by atoms with van der Waals surface area (Å²) in [4.78, 5) is 7.58. The largest absolute Gasteiger partial charge is 0.329 e. The zero-order valence-corrected chi connectivity index (χ0v) is 12.2. The first kappa shape index (κ1) is 12.8. The zero-order chi connectivity index (χ0) is 13.6. The number of hydrogen-bond donors (Lipinski definition) is 1. The van der Waals surface area contributed by atoms with Gasteiger partial charge in [0.2, 0.25) is 0 Å². The van der Waals surface area contributed by atoms with Gasteiger partial charge in [0.25, 0.3) is 0 Å². The molecule has 1 fully saturated rings. The van der Waals surface area contributed by atoms with Crippen molar-refractivity contribution in [2.24, 2.45) is 0 Å². The normalized spacial score (nSPS) is 19.8. The molecule has 0 aromatic carbocycles. The molecule has 0 amide bonds. The maximum Gasteiger partial charge on any atom is 0.179 e. The van der Waals surface area contributed by atoms with Crippen LogP contribution in [0.5, 0.6) is 0 Å². The number of aryl methyl sites for hydroxylation is 1. The Kier molecular flexibility index (Phi) is 2.98. The van der Waals surface area contributed by atoms with Crippen LogP contribution in [0.4, 0.5) is 0 Å². The maximum absolute atomic E-state index is 11.5. The van der Waals surface area contributed by atoms with E-state index in [1.54, 1.807) is 6.20 Å². The van der Waals surface area contributed by atoms with Crippen LogP contribution in [0, 0.1) is 11.7 Å². The molecule has 0 atom stereocenters. The minimum atomic E-state index is -2.86. The Hall–Kier alpha value is -1.21. The average Bonchev–Trinajstić information content (AvgIpc) is 2.65. The lowest BCUT2D eigenvalue weighted by Gasteiger charge is -2.23. The molecular formula is C12H15N3O2S2. The summed E-state index contributed by atoms with van der Waals surface area (Å²) in [6.07, 6.45) is 3.03. The topological polar surface area (TPSA) is 67.8 Å². The highest BCUT2D eigenvalue weighted by Gasteiger charge is 2.26. The number of rotatable bonds is 1. The Morgan fingerprint density at radius 2 is 2.11 bits per heavy atom. The Balaban J connectivity index is 2.06. The summed E-state index contributed by atoms with van der Waals surface area (Å²) >= 11 is 5.35. The third-order valence-corrected chi connectivity index (χ3v) is 5.60. The van der Waals surface area contributed by atoms with Gasteiger partial charge in [-0.2, -0.15) is 0 Å². The van der Waals surface area contributed by atoms with Gasteiger partial charge in [0.05, 0.1) is 17.0 Å². The first-order chi connectivity index (χ1) is 8.96. The molecule has 2 aromatic rings. The summed E-state index contributed by atoms with van der Waals surface area (Å²) in [5.41, 5.74) is 2.81. The number of nitrogens with one attached hydrogen (secondary N) is 1. The number of aromatic amines is 1. The molecule has 102 valence electrons. The van der Waals surface area contributed by atoms with E-state index in [1.165, 1.54) is 0 Å². The number of H-pyrrole nitrogens is 1. The van der Waals surface area contributed by atoms with Gasteiger partial charge in [-0.1, -0.05) is 0 Å². The van der Waals surface area contributed by atoms with E-state index in [4.69, 9.17) is 12.2 Å². The molecule has 1 aliphatic heterocycles. The predicted molar refractivity (Wildman–Crippen MR) is 76.6 cm³/mol. The molecular weight excluding hydrogens is 282 g/mol. The molecule has 0 spiro atoms. The summed E-state index contributed by atoms with van der Waals surface area (Å²) < 4.78 is 25.6. The van der Waals surface area contributed by atoms with Crippen molar-refractivity contribution in [2.75, 3.05) is 11.5 Å². The maximum atomic E-state index is 11.5. The van der Waals surface area contributed by atoms with Gasteiger partial charge < -0.3 is 4.98 Å². The molecule has 1 N–H and O–H groups in total. The van der Waals surface area contributed by atoms with Gasteiger partial charge in [-0.15, -0.1) is 0 Å². The fourth-order valence-electron chi connectivity index (χ4n) is 2.59. The van der Waals surface area contributed by atoms with Crippen molar-refractivity contribution in [3.8, 4) is 0 Å². The highest BCUT2D eigenvalue weighted by molar-refractivity contribution is 7.91. The van der Waals surface area contributed by atoms with Crippen LogP contribution in [0.3, 0.4) is 0 Å². The van der Waals surface area contributed by atoms with E-state index in [0.717, 1.165) is 16.7 Å². The second-order valence-corrected chi connectivity index (χ2v) is 7.76. The quantitative estimate of drug-likeness (QED) is 0.819. The highest BCUT2D eigenvalue weighted by Crippen LogP contribution is 2.27. The van der Waals surface area contributed by atoms with Gasteiger partial charge in [0, 0.05) is 12.2 Å². The Morgan fingerprint density at radius 3 is 2.79 bits per heavy atom. The summed E-state index contributed by atoms with van der Waals surface area (Å²) in [6.45, 7) is 1.98. The van der Waals surface area contributed by atoms with Crippen LogP contribution in [0.2, 0.25) is 0 Å². The summed E-state index contributed by atoms with van der Waals surface area (Å²) in [5, 5.41) is 0. The van der Waals surface area contributed by atoms with Crippen molar-refractivity contribution in [1.82, 2.24) is 14.5 Å². The molecule has 3 rings (SSSR count). The van der Waals surface area contributed by atoms with E-state index in [-0.39, 0.29) is 17.5 Å². The van der Waals surface area contributed by atoms with E-state index in [2.05, 4.69) is 9.97 Å². The molecule has 7 heteroatoms. The van der Waals surface area contributed by atoms with Gasteiger partial charge in [0.1, 0.15) is 9.84 Å². The van der Waals surface area contributed by atoms with Crippen molar-refractivity contribution < 1.29 is 8.42 Å². The molecule has 1 saturated heterocycles. The van der Waals surface area contributed by atoms with E-state index < -0.39 is 9.84 Å². The Morgan fingerprint density at radius 1 is 1.42 bits per heavy atom. The van der Waals surface area contributed by atoms with E-state index in [1.807, 2.05) is 17.6 Å². The summed E-state index contributed by atoms with van der Waals surface area (Å²) in [7, 11) is -2.86. The minimum absolute atomic E-state index is 0.125. The molecule has 19 heavy (non-hydrogen) atoms. The van der Waals surface area contributed by atoms with Crippen molar-refractivity contribution in [1.29, 1.82) is 0 Å². The van der Waals surface area contributed by atoms with Crippen LogP contribution in [-0.4, -0.2) is 34.5 Å². The fourth-order valence-corrected chi connectivity index (χ4v) is 4.40. The molecule has 0 bridgehead atoms. The second kappa shape index (κ2) is 4.42. The van der Waals surface area contributed by atoms with Gasteiger partial charge >= 0.3 is 0 Å². The summed E-state index contributed by atoms with van der Waals surface area (Å²) in [6, 6.07) is 2.13. The van der Waals surface area contributed by atoms with Crippen LogP contribution in [-0.2, 0) is 9.84 Å². The number of nitrogens with zero attached hydrogens (tertiary/aromatic N) is 2. The molecule has 2 aromatic heterocycles. The van der Waals surface area contributed by atoms with Gasteiger partial charge in [-0.3, -0.25) is 4.57 Å². The Bertz CT molecular complexity index is 775. The number of imidazole rings is 1. The molecule has 5 nitrogen and oxygen atoms in total.